The number of ketones is 2. The van der Waals surface area contributed by atoms with Crippen LogP contribution in [0.5, 0.6) is 5.75 Å². The molecule has 8 rings (SSSR count). The number of hydrogen-bond acceptors (Lipinski definition) is 8. The highest BCUT2D eigenvalue weighted by atomic mass is 16.5. The number of nitrogens with zero attached hydrogens (tertiary/aromatic N) is 1. The SMILES string of the molecule is CC(C)C1=C2C3CCC4C(C)(CCC5C(C)C(CC(=O)C6CC(C(=O)O)C6C)CCC54C)C3CCC2(CC(=O)NCc2ccc(OCCN3CCOCC3)cc2)CC1=O.CN. The molecule has 12 unspecified atom stereocenters. The van der Waals surface area contributed by atoms with Crippen molar-refractivity contribution in [2.75, 3.05) is 46.5 Å². The van der Waals surface area contributed by atoms with Crippen LogP contribution in [-0.4, -0.2) is 80.0 Å². The summed E-state index contributed by atoms with van der Waals surface area (Å²) in [7, 11) is 1.50. The molecule has 1 aromatic rings. The lowest BCUT2D eigenvalue weighted by molar-refractivity contribution is -0.173. The van der Waals surface area contributed by atoms with Crippen molar-refractivity contribution < 1.29 is 33.8 Å². The van der Waals surface area contributed by atoms with E-state index in [1.807, 2.05) is 31.2 Å². The van der Waals surface area contributed by atoms with Gasteiger partial charge in [-0.3, -0.25) is 24.1 Å². The molecule has 0 bridgehead atoms. The van der Waals surface area contributed by atoms with E-state index >= 15 is 0 Å². The molecule has 6 fully saturated rings. The Morgan fingerprint density at radius 2 is 1.59 bits per heavy atom. The monoisotopic (exact) mass is 844 g/mol. The number of benzene rings is 1. The van der Waals surface area contributed by atoms with Gasteiger partial charge in [0.2, 0.25) is 5.91 Å². The van der Waals surface area contributed by atoms with Crippen LogP contribution in [0.3, 0.4) is 0 Å². The number of fused-ring (bicyclic) bond motifs is 7. The molecule has 10 nitrogen and oxygen atoms in total. The van der Waals surface area contributed by atoms with Gasteiger partial charge in [0.25, 0.3) is 0 Å². The summed E-state index contributed by atoms with van der Waals surface area (Å²) in [5.41, 5.74) is 7.95. The fourth-order valence-corrected chi connectivity index (χ4v) is 15.0. The van der Waals surface area contributed by atoms with Gasteiger partial charge >= 0.3 is 5.97 Å². The first-order valence-corrected chi connectivity index (χ1v) is 24.0. The van der Waals surface area contributed by atoms with Crippen LogP contribution in [0.2, 0.25) is 0 Å². The first-order chi connectivity index (χ1) is 29.1. The first kappa shape index (κ1) is 45.9. The third kappa shape index (κ3) is 8.65. The smallest absolute Gasteiger partial charge is 0.306 e. The predicted molar refractivity (Wildman–Crippen MR) is 237 cm³/mol. The molecule has 0 radical (unpaired) electrons. The average molecular weight is 844 g/mol. The lowest BCUT2D eigenvalue weighted by Gasteiger charge is -2.67. The molecule has 10 heteroatoms. The van der Waals surface area contributed by atoms with Gasteiger partial charge in [-0.25, -0.2) is 0 Å². The number of carbonyl (C=O) groups excluding carboxylic acids is 3. The van der Waals surface area contributed by atoms with Gasteiger partial charge < -0.3 is 25.6 Å². The van der Waals surface area contributed by atoms with E-state index in [1.54, 1.807) is 0 Å². The van der Waals surface area contributed by atoms with Gasteiger partial charge in [0, 0.05) is 56.8 Å². The van der Waals surface area contributed by atoms with E-state index < -0.39 is 5.97 Å². The third-order valence-electron chi connectivity index (χ3n) is 18.2. The fraction of sp³-hybridized carbons (Fsp3) is 0.765. The quantitative estimate of drug-likeness (QED) is 0.179. The minimum Gasteiger partial charge on any atom is -0.492 e. The van der Waals surface area contributed by atoms with Crippen LogP contribution in [0.4, 0.5) is 0 Å². The molecule has 1 saturated heterocycles. The van der Waals surface area contributed by atoms with Gasteiger partial charge in [-0.15, -0.1) is 0 Å². The standard InChI is InChI=1S/C50H72N2O7.CH5N/c1-30(2)45-42(54)27-50(28-44(55)51-29-33-7-9-35(10-8-33)59-24-21-52-19-22-58-23-20-52)18-15-40-36(46(45)50)11-12-43-48(5)16-13-34(31(3)39(48)14-17-49(40,43)6)25-41(53)37-26-38(32(37)4)47(56)57;1-2/h7-10,30-32,34,36-40,43H,11-29H2,1-6H3,(H,51,55)(H,56,57);2H2,1H3. The highest BCUT2D eigenvalue weighted by Crippen LogP contribution is 2.72. The van der Waals surface area contributed by atoms with Crippen LogP contribution in [0, 0.1) is 75.4 Å². The van der Waals surface area contributed by atoms with Gasteiger partial charge in [-0.1, -0.05) is 59.2 Å². The Morgan fingerprint density at radius 1 is 0.918 bits per heavy atom. The van der Waals surface area contributed by atoms with E-state index in [0.29, 0.717) is 80.1 Å². The van der Waals surface area contributed by atoms with Crippen molar-refractivity contribution in [1.82, 2.24) is 10.2 Å². The lowest BCUT2D eigenvalue weighted by atomic mass is 9.37. The number of carboxylic acids is 1. The van der Waals surface area contributed by atoms with Crippen molar-refractivity contribution in [1.29, 1.82) is 0 Å². The maximum Gasteiger partial charge on any atom is 0.306 e. The molecule has 7 aliphatic rings. The molecule has 6 aliphatic carbocycles. The van der Waals surface area contributed by atoms with Crippen LogP contribution in [0.25, 0.3) is 0 Å². The maximum absolute atomic E-state index is 14.0. The number of allylic oxidation sites excluding steroid dienone is 2. The second-order valence-corrected chi connectivity index (χ2v) is 21.3. The predicted octanol–water partition coefficient (Wildman–Crippen LogP) is 8.11. The number of carbonyl (C=O) groups is 4. The second-order valence-electron chi connectivity index (χ2n) is 21.3. The molecular formula is C51H77N3O7. The van der Waals surface area contributed by atoms with Crippen LogP contribution < -0.4 is 15.8 Å². The molecule has 1 amide bonds. The number of aliphatic carboxylic acids is 1. The molecule has 0 spiro atoms. The van der Waals surface area contributed by atoms with E-state index in [-0.39, 0.29) is 51.6 Å². The number of nitrogens with one attached hydrogen (secondary N) is 1. The number of amides is 1. The normalized spacial score (nSPS) is 38.2. The van der Waals surface area contributed by atoms with Crippen molar-refractivity contribution >= 4 is 23.4 Å². The summed E-state index contributed by atoms with van der Waals surface area (Å²) in [6.07, 6.45) is 10.8. The average Bonchev–Trinajstić information content (AvgIpc) is 3.53. The third-order valence-corrected chi connectivity index (χ3v) is 18.2. The van der Waals surface area contributed by atoms with Crippen LogP contribution >= 0.6 is 0 Å². The van der Waals surface area contributed by atoms with Crippen molar-refractivity contribution in [3.63, 3.8) is 0 Å². The Bertz CT molecular complexity index is 1800. The van der Waals surface area contributed by atoms with Crippen molar-refractivity contribution in [2.45, 2.75) is 125 Å². The summed E-state index contributed by atoms with van der Waals surface area (Å²) in [6, 6.07) is 8.04. The van der Waals surface area contributed by atoms with Crippen molar-refractivity contribution in [3.05, 3.63) is 41.0 Å². The number of nitrogens with two attached hydrogens (primary N) is 1. The van der Waals surface area contributed by atoms with E-state index in [4.69, 9.17) is 9.47 Å². The largest absolute Gasteiger partial charge is 0.492 e. The highest BCUT2D eigenvalue weighted by Gasteiger charge is 2.65. The number of ether oxygens (including phenoxy) is 2. The Labute approximate surface area is 365 Å². The van der Waals surface area contributed by atoms with Crippen molar-refractivity contribution in [2.24, 2.45) is 81.2 Å². The van der Waals surface area contributed by atoms with Gasteiger partial charge in [0.05, 0.1) is 19.1 Å². The fourth-order valence-electron chi connectivity index (χ4n) is 15.0. The zero-order valence-corrected chi connectivity index (χ0v) is 38.4. The van der Waals surface area contributed by atoms with E-state index in [1.165, 1.54) is 25.5 Å². The number of carboxylic acid groups (broad SMARTS) is 1. The summed E-state index contributed by atoms with van der Waals surface area (Å²) in [6.45, 7) is 19.3. The Morgan fingerprint density at radius 3 is 2.26 bits per heavy atom. The Kier molecular flexibility index (Phi) is 14.0. The van der Waals surface area contributed by atoms with E-state index in [2.05, 4.69) is 50.6 Å². The van der Waals surface area contributed by atoms with Crippen LogP contribution in [0.15, 0.2) is 35.4 Å². The highest BCUT2D eigenvalue weighted by molar-refractivity contribution is 6.01. The topological polar surface area (TPSA) is 148 Å². The molecule has 4 N–H and O–H groups in total. The minimum absolute atomic E-state index is 0.0372. The maximum atomic E-state index is 14.0. The van der Waals surface area contributed by atoms with Gasteiger partial charge in [-0.2, -0.15) is 0 Å². The Hall–Kier alpha value is -3.08. The summed E-state index contributed by atoms with van der Waals surface area (Å²) in [4.78, 5) is 55.4. The van der Waals surface area contributed by atoms with E-state index in [0.717, 1.165) is 88.3 Å². The zero-order chi connectivity index (χ0) is 43.9. The Balaban J connectivity index is 0.00000277. The van der Waals surface area contributed by atoms with Gasteiger partial charge in [0.1, 0.15) is 18.1 Å². The summed E-state index contributed by atoms with van der Waals surface area (Å²) < 4.78 is 11.4. The number of rotatable bonds is 13. The van der Waals surface area contributed by atoms with Gasteiger partial charge in [-0.05, 0) is 146 Å². The first-order valence-electron chi connectivity index (χ1n) is 24.0. The van der Waals surface area contributed by atoms with Gasteiger partial charge in [0.15, 0.2) is 5.78 Å². The van der Waals surface area contributed by atoms with Crippen LogP contribution in [-0.2, 0) is 30.5 Å². The molecular weight excluding hydrogens is 767 g/mol. The number of hydrogen-bond donors (Lipinski definition) is 3. The molecule has 1 aliphatic heterocycles. The molecule has 5 saturated carbocycles. The van der Waals surface area contributed by atoms with Crippen LogP contribution in [0.1, 0.15) is 124 Å². The molecule has 12 atom stereocenters. The number of Topliss-reactive ketones (excluding diaryl/α,β-unsaturated/α-hetero) is 2. The molecule has 1 aromatic carbocycles. The summed E-state index contributed by atoms with van der Waals surface area (Å²) >= 11 is 0. The minimum atomic E-state index is -0.760. The molecule has 0 aromatic heterocycles. The summed E-state index contributed by atoms with van der Waals surface area (Å²) in [5, 5.41) is 12.7. The summed E-state index contributed by atoms with van der Waals surface area (Å²) in [5.74, 6) is 3.22. The van der Waals surface area contributed by atoms with Crippen molar-refractivity contribution in [3.8, 4) is 5.75 Å². The van der Waals surface area contributed by atoms with E-state index in [9.17, 15) is 24.3 Å². The molecule has 61 heavy (non-hydrogen) atoms. The molecule has 338 valence electrons. The number of morpholine rings is 1. The molecule has 1 heterocycles. The lowest BCUT2D eigenvalue weighted by Crippen LogP contribution is -2.60. The second kappa shape index (κ2) is 18.6. The zero-order valence-electron chi connectivity index (χ0n) is 38.4.